The maximum Gasteiger partial charge on any atom is 0.293 e. The standard InChI is InChI=1S/C14H17NO2/c1-4-17-13-9-11(3)15(14(13)16)12-7-5-10(2)6-8-12/h5-9,11H,4H2,1-3H3. The second-order valence-corrected chi connectivity index (χ2v) is 4.22. The topological polar surface area (TPSA) is 29.5 Å². The summed E-state index contributed by atoms with van der Waals surface area (Å²) in [6, 6.07) is 7.99. The minimum atomic E-state index is -0.0526. The molecule has 0 fully saturated rings. The molecule has 0 spiro atoms. The van der Waals surface area contributed by atoms with E-state index in [1.165, 1.54) is 5.56 Å². The molecule has 1 heterocycles. The Morgan fingerprint density at radius 1 is 1.29 bits per heavy atom. The molecule has 17 heavy (non-hydrogen) atoms. The number of benzene rings is 1. The van der Waals surface area contributed by atoms with Crippen LogP contribution in [0.5, 0.6) is 0 Å². The van der Waals surface area contributed by atoms with Crippen LogP contribution in [0.25, 0.3) is 0 Å². The quantitative estimate of drug-likeness (QED) is 0.800. The third kappa shape index (κ3) is 2.18. The van der Waals surface area contributed by atoms with Crippen LogP contribution in [-0.2, 0) is 9.53 Å². The Labute approximate surface area is 102 Å². The lowest BCUT2D eigenvalue weighted by Gasteiger charge is -2.21. The van der Waals surface area contributed by atoms with Gasteiger partial charge in [0.25, 0.3) is 5.91 Å². The monoisotopic (exact) mass is 231 g/mol. The maximum absolute atomic E-state index is 12.1. The van der Waals surface area contributed by atoms with Crippen molar-refractivity contribution in [1.29, 1.82) is 0 Å². The zero-order valence-corrected chi connectivity index (χ0v) is 10.4. The van der Waals surface area contributed by atoms with Crippen LogP contribution in [-0.4, -0.2) is 18.6 Å². The Morgan fingerprint density at radius 2 is 1.94 bits per heavy atom. The van der Waals surface area contributed by atoms with Crippen LogP contribution in [0.4, 0.5) is 5.69 Å². The molecule has 90 valence electrons. The Kier molecular flexibility index (Phi) is 3.18. The summed E-state index contributed by atoms with van der Waals surface area (Å²) in [5, 5.41) is 0. The molecule has 3 nitrogen and oxygen atoms in total. The highest BCUT2D eigenvalue weighted by Crippen LogP contribution is 2.26. The van der Waals surface area contributed by atoms with Crippen molar-refractivity contribution in [3.05, 3.63) is 41.7 Å². The van der Waals surface area contributed by atoms with Gasteiger partial charge >= 0.3 is 0 Å². The first-order valence-corrected chi connectivity index (χ1v) is 5.88. The highest BCUT2D eigenvalue weighted by molar-refractivity contribution is 6.07. The first-order chi connectivity index (χ1) is 8.13. The molecular formula is C14H17NO2. The van der Waals surface area contributed by atoms with Gasteiger partial charge in [-0.3, -0.25) is 9.69 Å². The van der Waals surface area contributed by atoms with Crippen LogP contribution in [0.3, 0.4) is 0 Å². The second-order valence-electron chi connectivity index (χ2n) is 4.22. The van der Waals surface area contributed by atoms with Crippen LogP contribution < -0.4 is 4.90 Å². The fourth-order valence-corrected chi connectivity index (χ4v) is 1.99. The van der Waals surface area contributed by atoms with E-state index in [1.807, 2.05) is 51.1 Å². The van der Waals surface area contributed by atoms with Gasteiger partial charge in [0.1, 0.15) is 0 Å². The zero-order chi connectivity index (χ0) is 12.4. The molecule has 1 aliphatic rings. The maximum atomic E-state index is 12.1. The van der Waals surface area contributed by atoms with Crippen molar-refractivity contribution >= 4 is 11.6 Å². The van der Waals surface area contributed by atoms with E-state index in [4.69, 9.17) is 4.74 Å². The second kappa shape index (κ2) is 4.62. The minimum absolute atomic E-state index is 0.0479. The Morgan fingerprint density at radius 3 is 2.53 bits per heavy atom. The Balaban J connectivity index is 2.24. The van der Waals surface area contributed by atoms with Gasteiger partial charge in [0, 0.05) is 5.69 Å². The fraction of sp³-hybridized carbons (Fsp3) is 0.357. The molecule has 1 unspecified atom stereocenters. The summed E-state index contributed by atoms with van der Waals surface area (Å²) in [6.45, 7) is 6.42. The van der Waals surface area contributed by atoms with Gasteiger partial charge in [-0.15, -0.1) is 0 Å². The van der Waals surface area contributed by atoms with Gasteiger partial charge in [-0.2, -0.15) is 0 Å². The predicted octanol–water partition coefficient (Wildman–Crippen LogP) is 2.65. The number of rotatable bonds is 3. The van der Waals surface area contributed by atoms with E-state index in [0.717, 1.165) is 5.69 Å². The molecule has 0 N–H and O–H groups in total. The Hall–Kier alpha value is -1.77. The molecule has 3 heteroatoms. The average molecular weight is 231 g/mol. The molecule has 1 aliphatic heterocycles. The summed E-state index contributed by atoms with van der Waals surface area (Å²) in [5.74, 6) is 0.406. The fourth-order valence-electron chi connectivity index (χ4n) is 1.99. The lowest BCUT2D eigenvalue weighted by molar-refractivity contribution is -0.117. The smallest absolute Gasteiger partial charge is 0.293 e. The van der Waals surface area contributed by atoms with Crippen molar-refractivity contribution in [3.63, 3.8) is 0 Å². The van der Waals surface area contributed by atoms with Gasteiger partial charge in [-0.05, 0) is 39.0 Å². The van der Waals surface area contributed by atoms with E-state index < -0.39 is 0 Å². The molecule has 0 aliphatic carbocycles. The molecule has 0 saturated heterocycles. The van der Waals surface area contributed by atoms with Crippen molar-refractivity contribution in [2.45, 2.75) is 26.8 Å². The van der Waals surface area contributed by atoms with E-state index in [1.54, 1.807) is 4.90 Å². The third-order valence-corrected chi connectivity index (χ3v) is 2.84. The third-order valence-electron chi connectivity index (χ3n) is 2.84. The number of hydrogen-bond acceptors (Lipinski definition) is 2. The van der Waals surface area contributed by atoms with E-state index in [0.29, 0.717) is 12.4 Å². The average Bonchev–Trinajstić information content (AvgIpc) is 2.57. The van der Waals surface area contributed by atoms with Crippen molar-refractivity contribution in [1.82, 2.24) is 0 Å². The minimum Gasteiger partial charge on any atom is -0.488 e. The number of carbonyl (C=O) groups is 1. The molecule has 1 amide bonds. The first-order valence-electron chi connectivity index (χ1n) is 5.88. The van der Waals surface area contributed by atoms with Crippen LogP contribution in [0.1, 0.15) is 19.4 Å². The molecule has 0 saturated carbocycles. The molecule has 0 aromatic heterocycles. The van der Waals surface area contributed by atoms with Gasteiger partial charge in [0.05, 0.1) is 12.6 Å². The summed E-state index contributed by atoms with van der Waals surface area (Å²) in [4.78, 5) is 13.9. The van der Waals surface area contributed by atoms with Crippen molar-refractivity contribution in [3.8, 4) is 0 Å². The van der Waals surface area contributed by atoms with Crippen LogP contribution in [0.2, 0.25) is 0 Å². The highest BCUT2D eigenvalue weighted by atomic mass is 16.5. The van der Waals surface area contributed by atoms with E-state index in [2.05, 4.69) is 0 Å². The van der Waals surface area contributed by atoms with E-state index >= 15 is 0 Å². The van der Waals surface area contributed by atoms with Gasteiger partial charge in [0.15, 0.2) is 5.76 Å². The molecule has 2 rings (SSSR count). The number of carbonyl (C=O) groups excluding carboxylic acids is 1. The van der Waals surface area contributed by atoms with Gasteiger partial charge in [-0.1, -0.05) is 17.7 Å². The van der Waals surface area contributed by atoms with Gasteiger partial charge in [0.2, 0.25) is 0 Å². The summed E-state index contributed by atoms with van der Waals surface area (Å²) >= 11 is 0. The summed E-state index contributed by atoms with van der Waals surface area (Å²) in [6.07, 6.45) is 1.87. The molecule has 0 bridgehead atoms. The van der Waals surface area contributed by atoms with Crippen LogP contribution >= 0.6 is 0 Å². The first kappa shape index (κ1) is 11.7. The lowest BCUT2D eigenvalue weighted by Crippen LogP contribution is -2.32. The molecule has 1 atom stereocenters. The van der Waals surface area contributed by atoms with Crippen LogP contribution in [0, 0.1) is 6.92 Å². The van der Waals surface area contributed by atoms with E-state index in [9.17, 15) is 4.79 Å². The largest absolute Gasteiger partial charge is 0.488 e. The number of aryl methyl sites for hydroxylation is 1. The Bertz CT molecular complexity index is 448. The number of amides is 1. The van der Waals surface area contributed by atoms with Crippen LogP contribution in [0.15, 0.2) is 36.1 Å². The summed E-state index contributed by atoms with van der Waals surface area (Å²) in [5.41, 5.74) is 2.10. The normalized spacial score (nSPS) is 19.5. The summed E-state index contributed by atoms with van der Waals surface area (Å²) < 4.78 is 5.33. The number of anilines is 1. The molecule has 0 radical (unpaired) electrons. The van der Waals surface area contributed by atoms with Gasteiger partial charge < -0.3 is 4.74 Å². The zero-order valence-electron chi connectivity index (χ0n) is 10.4. The molecule has 1 aromatic carbocycles. The lowest BCUT2D eigenvalue weighted by atomic mass is 10.2. The van der Waals surface area contributed by atoms with Crippen molar-refractivity contribution in [2.75, 3.05) is 11.5 Å². The predicted molar refractivity (Wildman–Crippen MR) is 67.8 cm³/mol. The number of hydrogen-bond donors (Lipinski definition) is 0. The van der Waals surface area contributed by atoms with Crippen molar-refractivity contribution in [2.24, 2.45) is 0 Å². The van der Waals surface area contributed by atoms with Gasteiger partial charge in [-0.25, -0.2) is 0 Å². The molecular weight excluding hydrogens is 214 g/mol. The molecule has 1 aromatic rings. The van der Waals surface area contributed by atoms with Crippen molar-refractivity contribution < 1.29 is 9.53 Å². The van der Waals surface area contributed by atoms with E-state index in [-0.39, 0.29) is 11.9 Å². The number of nitrogens with zero attached hydrogens (tertiary/aromatic N) is 1. The SMILES string of the molecule is CCOC1=CC(C)N(c2ccc(C)cc2)C1=O. The summed E-state index contributed by atoms with van der Waals surface area (Å²) in [7, 11) is 0. The number of ether oxygens (including phenoxy) is 1. The highest BCUT2D eigenvalue weighted by Gasteiger charge is 2.31.